The highest BCUT2D eigenvalue weighted by atomic mass is 79.9. The van der Waals surface area contributed by atoms with E-state index in [0.29, 0.717) is 31.7 Å². The zero-order chi connectivity index (χ0) is 15.0. The summed E-state index contributed by atoms with van der Waals surface area (Å²) in [5.74, 6) is 1.12. The molecule has 0 aliphatic carbocycles. The van der Waals surface area contributed by atoms with E-state index in [1.54, 1.807) is 7.11 Å². The number of methoxy groups -OCH3 is 1. The first kappa shape index (κ1) is 17.0. The summed E-state index contributed by atoms with van der Waals surface area (Å²) in [6, 6.07) is 5.78. The second-order valence-electron chi connectivity index (χ2n) is 4.88. The Labute approximate surface area is 128 Å². The van der Waals surface area contributed by atoms with E-state index >= 15 is 0 Å². The van der Waals surface area contributed by atoms with Crippen LogP contribution in [0.2, 0.25) is 0 Å². The normalized spacial score (nSPS) is 12.0. The number of amides is 1. The molecule has 0 bridgehead atoms. The maximum atomic E-state index is 11.8. The van der Waals surface area contributed by atoms with Crippen LogP contribution in [0.4, 0.5) is 0 Å². The van der Waals surface area contributed by atoms with Gasteiger partial charge in [-0.05, 0) is 42.5 Å². The highest BCUT2D eigenvalue weighted by molar-refractivity contribution is 9.10. The first-order valence-corrected chi connectivity index (χ1v) is 7.56. The van der Waals surface area contributed by atoms with Crippen molar-refractivity contribution >= 4 is 21.8 Å². The predicted octanol–water partition coefficient (Wildman–Crippen LogP) is 2.53. The van der Waals surface area contributed by atoms with Gasteiger partial charge in [-0.15, -0.1) is 0 Å². The lowest BCUT2D eigenvalue weighted by Gasteiger charge is -2.12. The zero-order valence-electron chi connectivity index (χ0n) is 12.0. The first-order chi connectivity index (χ1) is 9.56. The van der Waals surface area contributed by atoms with Crippen molar-refractivity contribution in [3.8, 4) is 5.75 Å². The number of rotatable bonds is 8. The number of hydrogen-bond donors (Lipinski definition) is 2. The lowest BCUT2D eigenvalue weighted by Crippen LogP contribution is -2.28. The van der Waals surface area contributed by atoms with E-state index in [-0.39, 0.29) is 12.5 Å². The summed E-state index contributed by atoms with van der Waals surface area (Å²) in [7, 11) is 1.63. The molecule has 1 rings (SSSR count). The Morgan fingerprint density at radius 3 is 2.90 bits per heavy atom. The van der Waals surface area contributed by atoms with E-state index in [2.05, 4.69) is 21.2 Å². The van der Waals surface area contributed by atoms with Crippen molar-refractivity contribution in [3.05, 3.63) is 28.2 Å². The van der Waals surface area contributed by atoms with Crippen LogP contribution in [0.3, 0.4) is 0 Å². The van der Waals surface area contributed by atoms with Crippen LogP contribution in [0.1, 0.15) is 25.3 Å². The minimum absolute atomic E-state index is 0.0248. The number of carbonyl (C=O) groups excluding carboxylic acids is 1. The number of aliphatic hydroxyl groups excluding tert-OH is 1. The molecule has 1 aromatic rings. The van der Waals surface area contributed by atoms with Crippen LogP contribution < -0.4 is 10.1 Å². The van der Waals surface area contributed by atoms with Crippen LogP contribution in [0, 0.1) is 5.92 Å². The zero-order valence-corrected chi connectivity index (χ0v) is 13.6. The fourth-order valence-electron chi connectivity index (χ4n) is 1.89. The molecule has 2 N–H and O–H groups in total. The molecule has 0 aromatic heterocycles. The summed E-state index contributed by atoms with van der Waals surface area (Å²) in [5.41, 5.74) is 1.01. The number of aliphatic hydroxyl groups is 1. The Balaban J connectivity index is 2.43. The summed E-state index contributed by atoms with van der Waals surface area (Å²) in [6.07, 6.45) is 1.78. The Kier molecular flexibility index (Phi) is 7.62. The molecule has 0 heterocycles. The second-order valence-corrected chi connectivity index (χ2v) is 5.79. The van der Waals surface area contributed by atoms with Gasteiger partial charge in [0, 0.05) is 24.0 Å². The standard InChI is InChI=1S/C15H22BrNO3/c1-11(7-8-18)10-17-15(19)6-3-12-9-13(16)4-5-14(12)20-2/h4-5,9,11,18H,3,6-8,10H2,1-2H3,(H,17,19). The van der Waals surface area contributed by atoms with Crippen molar-refractivity contribution in [1.82, 2.24) is 5.32 Å². The lowest BCUT2D eigenvalue weighted by molar-refractivity contribution is -0.121. The lowest BCUT2D eigenvalue weighted by atomic mass is 10.1. The maximum absolute atomic E-state index is 11.8. The number of ether oxygens (including phenoxy) is 1. The van der Waals surface area contributed by atoms with Crippen molar-refractivity contribution in [1.29, 1.82) is 0 Å². The Bertz CT molecular complexity index is 437. The smallest absolute Gasteiger partial charge is 0.220 e. The van der Waals surface area contributed by atoms with Crippen molar-refractivity contribution in [2.24, 2.45) is 5.92 Å². The number of hydrogen-bond acceptors (Lipinski definition) is 3. The molecule has 0 aliphatic heterocycles. The average Bonchev–Trinajstić information content (AvgIpc) is 2.43. The summed E-state index contributed by atoms with van der Waals surface area (Å²) < 4.78 is 6.26. The van der Waals surface area contributed by atoms with Gasteiger partial charge >= 0.3 is 0 Å². The fraction of sp³-hybridized carbons (Fsp3) is 0.533. The summed E-state index contributed by atoms with van der Waals surface area (Å²) >= 11 is 3.42. The molecule has 0 radical (unpaired) electrons. The van der Waals surface area contributed by atoms with E-state index in [9.17, 15) is 4.79 Å². The molecule has 0 saturated carbocycles. The third-order valence-corrected chi connectivity index (χ3v) is 3.63. The van der Waals surface area contributed by atoms with Gasteiger partial charge in [-0.1, -0.05) is 22.9 Å². The van der Waals surface area contributed by atoms with Gasteiger partial charge in [-0.3, -0.25) is 4.79 Å². The Morgan fingerprint density at radius 1 is 1.50 bits per heavy atom. The average molecular weight is 344 g/mol. The van der Waals surface area contributed by atoms with Gasteiger partial charge in [-0.2, -0.15) is 0 Å². The minimum Gasteiger partial charge on any atom is -0.496 e. The third-order valence-electron chi connectivity index (χ3n) is 3.13. The molecule has 112 valence electrons. The van der Waals surface area contributed by atoms with E-state index in [0.717, 1.165) is 15.8 Å². The van der Waals surface area contributed by atoms with Gasteiger partial charge in [0.2, 0.25) is 5.91 Å². The van der Waals surface area contributed by atoms with Gasteiger partial charge in [0.25, 0.3) is 0 Å². The van der Waals surface area contributed by atoms with Crippen LogP contribution in [0.15, 0.2) is 22.7 Å². The van der Waals surface area contributed by atoms with Crippen LogP contribution in [-0.4, -0.2) is 31.3 Å². The Hall–Kier alpha value is -1.07. The molecule has 0 saturated heterocycles. The van der Waals surface area contributed by atoms with Crippen molar-refractivity contribution < 1.29 is 14.6 Å². The SMILES string of the molecule is COc1ccc(Br)cc1CCC(=O)NCC(C)CCO. The van der Waals surface area contributed by atoms with E-state index in [4.69, 9.17) is 9.84 Å². The monoisotopic (exact) mass is 343 g/mol. The van der Waals surface area contributed by atoms with E-state index < -0.39 is 0 Å². The second kappa shape index (κ2) is 8.97. The van der Waals surface area contributed by atoms with Crippen LogP contribution in [0.5, 0.6) is 5.75 Å². The van der Waals surface area contributed by atoms with Gasteiger partial charge in [0.15, 0.2) is 0 Å². The van der Waals surface area contributed by atoms with Gasteiger partial charge < -0.3 is 15.2 Å². The fourth-order valence-corrected chi connectivity index (χ4v) is 2.30. The van der Waals surface area contributed by atoms with Crippen molar-refractivity contribution in [2.75, 3.05) is 20.3 Å². The number of halogens is 1. The molecule has 0 spiro atoms. The molecule has 0 aliphatic rings. The minimum atomic E-state index is 0.0248. The number of nitrogens with one attached hydrogen (secondary N) is 1. The summed E-state index contributed by atoms with van der Waals surface area (Å²) in [5, 5.41) is 11.7. The van der Waals surface area contributed by atoms with Gasteiger partial charge in [-0.25, -0.2) is 0 Å². The molecule has 1 atom stereocenters. The van der Waals surface area contributed by atoms with E-state index in [1.807, 2.05) is 25.1 Å². The molecule has 20 heavy (non-hydrogen) atoms. The van der Waals surface area contributed by atoms with Crippen LogP contribution in [0.25, 0.3) is 0 Å². The number of benzene rings is 1. The molecule has 1 amide bonds. The number of carbonyl (C=O) groups is 1. The number of aryl methyl sites for hydroxylation is 1. The first-order valence-electron chi connectivity index (χ1n) is 6.76. The quantitative estimate of drug-likeness (QED) is 0.762. The van der Waals surface area contributed by atoms with E-state index in [1.165, 1.54) is 0 Å². The highest BCUT2D eigenvalue weighted by Gasteiger charge is 2.08. The molecular weight excluding hydrogens is 322 g/mol. The maximum Gasteiger partial charge on any atom is 0.220 e. The molecular formula is C15H22BrNO3. The molecule has 4 nitrogen and oxygen atoms in total. The molecule has 1 aromatic carbocycles. The van der Waals surface area contributed by atoms with Crippen LogP contribution in [-0.2, 0) is 11.2 Å². The molecule has 1 unspecified atom stereocenters. The van der Waals surface area contributed by atoms with Crippen LogP contribution >= 0.6 is 15.9 Å². The van der Waals surface area contributed by atoms with Gasteiger partial charge in [0.05, 0.1) is 7.11 Å². The van der Waals surface area contributed by atoms with Crippen molar-refractivity contribution in [2.45, 2.75) is 26.2 Å². The summed E-state index contributed by atoms with van der Waals surface area (Å²) in [4.78, 5) is 11.8. The predicted molar refractivity (Wildman–Crippen MR) is 82.9 cm³/mol. The Morgan fingerprint density at radius 2 is 2.25 bits per heavy atom. The van der Waals surface area contributed by atoms with Crippen molar-refractivity contribution in [3.63, 3.8) is 0 Å². The topological polar surface area (TPSA) is 58.6 Å². The molecule has 0 fully saturated rings. The van der Waals surface area contributed by atoms with Gasteiger partial charge in [0.1, 0.15) is 5.75 Å². The highest BCUT2D eigenvalue weighted by Crippen LogP contribution is 2.24. The largest absolute Gasteiger partial charge is 0.496 e. The molecule has 5 heteroatoms. The third kappa shape index (κ3) is 5.92. The summed E-state index contributed by atoms with van der Waals surface area (Å²) in [6.45, 7) is 2.77.